The first kappa shape index (κ1) is 15.9. The molecule has 0 bridgehead atoms. The number of fused-ring (bicyclic) bond motifs is 1. The van der Waals surface area contributed by atoms with E-state index in [9.17, 15) is 0 Å². The van der Waals surface area contributed by atoms with Crippen LogP contribution in [0.5, 0.6) is 0 Å². The standard InChI is InChI=1S/C16H12Cl2N6O/c1-2-24-11-3-4-20-12(8-5-9(17)7-10(18)6-8)13(11)21-16(24)14-15(19)23-25-22-14/h3-7H,2H2,1H3,(H2,19,23). The minimum Gasteiger partial charge on any atom is -0.379 e. The number of benzene rings is 1. The predicted molar refractivity (Wildman–Crippen MR) is 96.4 cm³/mol. The molecule has 7 nitrogen and oxygen atoms in total. The van der Waals surface area contributed by atoms with Crippen LogP contribution in [0.3, 0.4) is 0 Å². The molecule has 0 saturated carbocycles. The SMILES string of the molecule is CCn1c(-c2nonc2N)nc2c(-c3cc(Cl)cc(Cl)c3)nccc21. The van der Waals surface area contributed by atoms with Gasteiger partial charge >= 0.3 is 0 Å². The normalized spacial score (nSPS) is 11.3. The van der Waals surface area contributed by atoms with Gasteiger partial charge < -0.3 is 10.3 Å². The molecule has 0 atom stereocenters. The Morgan fingerprint density at radius 3 is 2.52 bits per heavy atom. The van der Waals surface area contributed by atoms with Crippen LogP contribution in [0.25, 0.3) is 33.8 Å². The summed E-state index contributed by atoms with van der Waals surface area (Å²) in [5, 5.41) is 8.55. The Hall–Kier alpha value is -2.64. The summed E-state index contributed by atoms with van der Waals surface area (Å²) in [6.07, 6.45) is 1.72. The molecule has 0 aliphatic heterocycles. The van der Waals surface area contributed by atoms with Gasteiger partial charge in [-0.3, -0.25) is 4.98 Å². The molecule has 9 heteroatoms. The van der Waals surface area contributed by atoms with E-state index in [1.807, 2.05) is 17.6 Å². The Morgan fingerprint density at radius 2 is 1.88 bits per heavy atom. The van der Waals surface area contributed by atoms with Crippen LogP contribution >= 0.6 is 23.2 Å². The molecule has 1 aromatic carbocycles. The van der Waals surface area contributed by atoms with E-state index < -0.39 is 0 Å². The Labute approximate surface area is 152 Å². The monoisotopic (exact) mass is 374 g/mol. The third kappa shape index (κ3) is 2.61. The maximum atomic E-state index is 6.13. The number of rotatable bonds is 3. The summed E-state index contributed by atoms with van der Waals surface area (Å²) in [4.78, 5) is 9.16. The first-order chi connectivity index (χ1) is 12.1. The van der Waals surface area contributed by atoms with Gasteiger partial charge in [0.2, 0.25) is 0 Å². The molecule has 4 aromatic rings. The van der Waals surface area contributed by atoms with Crippen molar-refractivity contribution in [3.8, 4) is 22.8 Å². The predicted octanol–water partition coefficient (Wildman–Crippen LogP) is 4.06. The van der Waals surface area contributed by atoms with Gasteiger partial charge in [-0.1, -0.05) is 23.2 Å². The number of halogens is 2. The molecule has 0 aliphatic carbocycles. The molecule has 4 rings (SSSR count). The largest absolute Gasteiger partial charge is 0.379 e. The van der Waals surface area contributed by atoms with Gasteiger partial charge in [-0.2, -0.15) is 0 Å². The number of nitrogens with zero attached hydrogens (tertiary/aromatic N) is 5. The van der Waals surface area contributed by atoms with E-state index in [4.69, 9.17) is 38.5 Å². The lowest BCUT2D eigenvalue weighted by Gasteiger charge is -2.05. The quantitative estimate of drug-likeness (QED) is 0.580. The first-order valence-electron chi connectivity index (χ1n) is 7.48. The lowest BCUT2D eigenvalue weighted by Crippen LogP contribution is -1.99. The highest BCUT2D eigenvalue weighted by Gasteiger charge is 2.21. The van der Waals surface area contributed by atoms with Crippen LogP contribution in [0.15, 0.2) is 35.1 Å². The van der Waals surface area contributed by atoms with Crippen LogP contribution in [-0.2, 0) is 6.54 Å². The average Bonchev–Trinajstić information content (AvgIpc) is 3.16. The van der Waals surface area contributed by atoms with Crippen molar-refractivity contribution in [3.05, 3.63) is 40.5 Å². The fourth-order valence-corrected chi connectivity index (χ4v) is 3.33. The summed E-state index contributed by atoms with van der Waals surface area (Å²) < 4.78 is 6.69. The summed E-state index contributed by atoms with van der Waals surface area (Å²) in [7, 11) is 0. The minimum atomic E-state index is 0.185. The molecule has 0 amide bonds. The second-order valence-corrected chi connectivity index (χ2v) is 6.24. The van der Waals surface area contributed by atoms with Crippen molar-refractivity contribution in [1.82, 2.24) is 24.8 Å². The maximum Gasteiger partial charge on any atom is 0.199 e. The third-order valence-electron chi connectivity index (χ3n) is 3.85. The van der Waals surface area contributed by atoms with E-state index in [0.29, 0.717) is 39.3 Å². The van der Waals surface area contributed by atoms with Crippen LogP contribution in [0.4, 0.5) is 5.82 Å². The van der Waals surface area contributed by atoms with E-state index in [1.54, 1.807) is 24.4 Å². The lowest BCUT2D eigenvalue weighted by atomic mass is 10.1. The lowest BCUT2D eigenvalue weighted by molar-refractivity contribution is 0.310. The molecule has 2 N–H and O–H groups in total. The van der Waals surface area contributed by atoms with E-state index in [1.165, 1.54) is 0 Å². The number of hydrogen-bond donors (Lipinski definition) is 1. The van der Waals surface area contributed by atoms with Gasteiger partial charge in [0.1, 0.15) is 5.52 Å². The molecule has 0 unspecified atom stereocenters. The highest BCUT2D eigenvalue weighted by atomic mass is 35.5. The van der Waals surface area contributed by atoms with Crippen LogP contribution in [-0.4, -0.2) is 24.8 Å². The number of aryl methyl sites for hydroxylation is 1. The van der Waals surface area contributed by atoms with Crippen molar-refractivity contribution in [3.63, 3.8) is 0 Å². The van der Waals surface area contributed by atoms with E-state index in [0.717, 1.165) is 11.1 Å². The summed E-state index contributed by atoms with van der Waals surface area (Å²) in [5.74, 6) is 0.754. The summed E-state index contributed by atoms with van der Waals surface area (Å²) >= 11 is 12.3. The minimum absolute atomic E-state index is 0.185. The number of anilines is 1. The fourth-order valence-electron chi connectivity index (χ4n) is 2.81. The molecule has 0 fully saturated rings. The fraction of sp³-hybridized carbons (Fsp3) is 0.125. The average molecular weight is 375 g/mol. The summed E-state index contributed by atoms with van der Waals surface area (Å²) in [5.41, 5.74) is 9.27. The summed E-state index contributed by atoms with van der Waals surface area (Å²) in [6, 6.07) is 7.15. The summed E-state index contributed by atoms with van der Waals surface area (Å²) in [6.45, 7) is 2.67. The van der Waals surface area contributed by atoms with Crippen LogP contribution in [0.1, 0.15) is 6.92 Å². The Bertz CT molecular complexity index is 1070. The smallest absolute Gasteiger partial charge is 0.199 e. The number of imidazole rings is 1. The van der Waals surface area contributed by atoms with Crippen molar-refractivity contribution >= 4 is 40.1 Å². The van der Waals surface area contributed by atoms with Crippen molar-refractivity contribution < 1.29 is 4.63 Å². The Kier molecular flexibility index (Phi) is 3.82. The molecule has 0 radical (unpaired) electrons. The van der Waals surface area contributed by atoms with Gasteiger partial charge in [0.15, 0.2) is 17.3 Å². The van der Waals surface area contributed by atoms with E-state index in [-0.39, 0.29) is 5.82 Å². The topological polar surface area (TPSA) is 95.7 Å². The van der Waals surface area contributed by atoms with E-state index in [2.05, 4.69) is 15.3 Å². The van der Waals surface area contributed by atoms with Gasteiger partial charge in [0.05, 0.1) is 11.2 Å². The Balaban J connectivity index is 2.02. The van der Waals surface area contributed by atoms with Crippen LogP contribution in [0, 0.1) is 0 Å². The third-order valence-corrected chi connectivity index (χ3v) is 4.28. The molecule has 3 heterocycles. The van der Waals surface area contributed by atoms with Crippen molar-refractivity contribution in [2.75, 3.05) is 5.73 Å². The molecule has 0 spiro atoms. The number of pyridine rings is 1. The van der Waals surface area contributed by atoms with Gasteiger partial charge in [0.25, 0.3) is 0 Å². The zero-order valence-electron chi connectivity index (χ0n) is 13.1. The second-order valence-electron chi connectivity index (χ2n) is 5.36. The second kappa shape index (κ2) is 6.02. The maximum absolute atomic E-state index is 6.13. The van der Waals surface area contributed by atoms with Gasteiger partial charge in [-0.25, -0.2) is 9.61 Å². The highest BCUT2D eigenvalue weighted by molar-refractivity contribution is 6.35. The van der Waals surface area contributed by atoms with Crippen LogP contribution < -0.4 is 5.73 Å². The van der Waals surface area contributed by atoms with Gasteiger partial charge in [-0.15, -0.1) is 0 Å². The number of hydrogen-bond acceptors (Lipinski definition) is 6. The molecular formula is C16H12Cl2N6O. The van der Waals surface area contributed by atoms with Gasteiger partial charge in [-0.05, 0) is 41.5 Å². The molecule has 3 aromatic heterocycles. The zero-order valence-corrected chi connectivity index (χ0v) is 14.6. The van der Waals surface area contributed by atoms with Gasteiger partial charge in [0, 0.05) is 28.4 Å². The van der Waals surface area contributed by atoms with Crippen molar-refractivity contribution in [2.45, 2.75) is 13.5 Å². The highest BCUT2D eigenvalue weighted by Crippen LogP contribution is 2.33. The molecule has 0 saturated heterocycles. The molecule has 0 aliphatic rings. The zero-order chi connectivity index (χ0) is 17.6. The number of nitrogen functional groups attached to an aromatic ring is 1. The molecular weight excluding hydrogens is 363 g/mol. The Morgan fingerprint density at radius 1 is 1.12 bits per heavy atom. The number of aromatic nitrogens is 5. The van der Waals surface area contributed by atoms with E-state index >= 15 is 0 Å². The first-order valence-corrected chi connectivity index (χ1v) is 8.24. The number of nitrogens with two attached hydrogens (primary N) is 1. The van der Waals surface area contributed by atoms with Crippen molar-refractivity contribution in [2.24, 2.45) is 0 Å². The van der Waals surface area contributed by atoms with Crippen LogP contribution in [0.2, 0.25) is 10.0 Å². The van der Waals surface area contributed by atoms with Crippen molar-refractivity contribution in [1.29, 1.82) is 0 Å². The molecule has 126 valence electrons. The molecule has 25 heavy (non-hydrogen) atoms.